The number of hydrogen-bond donors (Lipinski definition) is 1. The van der Waals surface area contributed by atoms with Crippen LogP contribution in [-0.2, 0) is 11.3 Å². The van der Waals surface area contributed by atoms with E-state index in [1.54, 1.807) is 6.20 Å². The molecule has 1 aromatic heterocycles. The van der Waals surface area contributed by atoms with Crippen molar-refractivity contribution in [1.82, 2.24) is 14.9 Å². The van der Waals surface area contributed by atoms with E-state index < -0.39 is 0 Å². The zero-order valence-corrected chi connectivity index (χ0v) is 12.7. The third-order valence-corrected chi connectivity index (χ3v) is 2.57. The van der Waals surface area contributed by atoms with E-state index in [1.165, 1.54) is 0 Å². The maximum absolute atomic E-state index is 5.91. The van der Waals surface area contributed by atoms with Crippen LogP contribution in [0, 0.1) is 6.92 Å². The molecular formula is C11H18IN5O. The fourth-order valence-electron chi connectivity index (χ4n) is 1.65. The Morgan fingerprint density at radius 2 is 2.22 bits per heavy atom. The maximum Gasteiger partial charge on any atom is 0.191 e. The van der Waals surface area contributed by atoms with E-state index in [0.29, 0.717) is 25.7 Å². The number of aliphatic imine (C=N–C) groups is 1. The number of nitrogens with zero attached hydrogens (tertiary/aromatic N) is 4. The predicted octanol–water partition coefficient (Wildman–Crippen LogP) is 0.550. The molecule has 1 saturated heterocycles. The first-order chi connectivity index (χ1) is 8.25. The molecule has 6 nitrogen and oxygen atoms in total. The molecule has 0 unspecified atom stereocenters. The zero-order valence-electron chi connectivity index (χ0n) is 10.4. The van der Waals surface area contributed by atoms with E-state index in [9.17, 15) is 0 Å². The summed E-state index contributed by atoms with van der Waals surface area (Å²) in [5.74, 6) is 1.31. The highest BCUT2D eigenvalue weighted by Crippen LogP contribution is 2.00. The number of rotatable bonds is 2. The van der Waals surface area contributed by atoms with Crippen LogP contribution >= 0.6 is 24.0 Å². The highest BCUT2D eigenvalue weighted by Gasteiger charge is 2.11. The fraction of sp³-hybridized carbons (Fsp3) is 0.545. The van der Waals surface area contributed by atoms with E-state index in [0.717, 1.165) is 24.6 Å². The molecule has 0 spiro atoms. The van der Waals surface area contributed by atoms with E-state index >= 15 is 0 Å². The molecule has 1 aromatic rings. The summed E-state index contributed by atoms with van der Waals surface area (Å²) in [4.78, 5) is 14.7. The van der Waals surface area contributed by atoms with Crippen LogP contribution in [0.2, 0.25) is 0 Å². The van der Waals surface area contributed by atoms with Crippen molar-refractivity contribution in [3.8, 4) is 0 Å². The summed E-state index contributed by atoms with van der Waals surface area (Å²) in [5, 5.41) is 0. The molecule has 2 heterocycles. The van der Waals surface area contributed by atoms with Gasteiger partial charge in [-0.15, -0.1) is 24.0 Å². The standard InChI is InChI=1S/C11H17N5O.HI/c1-9-13-3-2-10(15-9)8-14-11(12)16-4-6-17-7-5-16;/h2-3H,4-8H2,1H3,(H2,12,14);1H. The second-order valence-electron chi connectivity index (χ2n) is 3.87. The van der Waals surface area contributed by atoms with Crippen molar-refractivity contribution >= 4 is 29.9 Å². The normalized spacial score (nSPS) is 16.3. The number of morpholine rings is 1. The lowest BCUT2D eigenvalue weighted by Crippen LogP contribution is -2.44. The molecular weight excluding hydrogens is 345 g/mol. The summed E-state index contributed by atoms with van der Waals surface area (Å²) >= 11 is 0. The largest absolute Gasteiger partial charge is 0.378 e. The summed E-state index contributed by atoms with van der Waals surface area (Å²) in [6, 6.07) is 1.85. The van der Waals surface area contributed by atoms with Crippen LogP contribution < -0.4 is 5.73 Å². The Bertz CT molecular complexity index is 406. The van der Waals surface area contributed by atoms with Gasteiger partial charge in [-0.2, -0.15) is 0 Å². The number of aromatic nitrogens is 2. The summed E-state index contributed by atoms with van der Waals surface area (Å²) < 4.78 is 5.26. The summed E-state index contributed by atoms with van der Waals surface area (Å²) in [6.45, 7) is 5.38. The van der Waals surface area contributed by atoms with Crippen LogP contribution in [0.4, 0.5) is 0 Å². The Hall–Kier alpha value is -0.960. The summed E-state index contributed by atoms with van der Waals surface area (Å²) in [7, 11) is 0. The minimum atomic E-state index is 0. The van der Waals surface area contributed by atoms with Gasteiger partial charge in [0, 0.05) is 19.3 Å². The third kappa shape index (κ3) is 4.37. The first kappa shape index (κ1) is 15.1. The smallest absolute Gasteiger partial charge is 0.191 e. The Balaban J connectivity index is 0.00000162. The second-order valence-corrected chi connectivity index (χ2v) is 3.87. The predicted molar refractivity (Wildman–Crippen MR) is 79.9 cm³/mol. The molecule has 0 saturated carbocycles. The monoisotopic (exact) mass is 363 g/mol. The van der Waals surface area contributed by atoms with Gasteiger partial charge in [-0.05, 0) is 13.0 Å². The molecule has 0 aromatic carbocycles. The molecule has 1 aliphatic heterocycles. The Kier molecular flexibility index (Phi) is 6.27. The Morgan fingerprint density at radius 1 is 1.50 bits per heavy atom. The van der Waals surface area contributed by atoms with Crippen molar-refractivity contribution in [1.29, 1.82) is 0 Å². The SMILES string of the molecule is Cc1nccc(CN=C(N)N2CCOCC2)n1.I. The molecule has 2 N–H and O–H groups in total. The van der Waals surface area contributed by atoms with E-state index in [2.05, 4.69) is 15.0 Å². The lowest BCUT2D eigenvalue weighted by molar-refractivity contribution is 0.0674. The van der Waals surface area contributed by atoms with Crippen molar-refractivity contribution in [3.05, 3.63) is 23.8 Å². The quantitative estimate of drug-likeness (QED) is 0.472. The molecule has 1 fully saturated rings. The Morgan fingerprint density at radius 3 is 2.89 bits per heavy atom. The van der Waals surface area contributed by atoms with Crippen LogP contribution in [0.5, 0.6) is 0 Å². The molecule has 1 aliphatic rings. The number of halogens is 1. The molecule has 18 heavy (non-hydrogen) atoms. The highest BCUT2D eigenvalue weighted by molar-refractivity contribution is 14.0. The first-order valence-electron chi connectivity index (χ1n) is 5.67. The number of guanidine groups is 1. The van der Waals surface area contributed by atoms with Crippen molar-refractivity contribution in [2.75, 3.05) is 26.3 Å². The zero-order chi connectivity index (χ0) is 12.1. The molecule has 0 atom stereocenters. The number of ether oxygens (including phenoxy) is 1. The first-order valence-corrected chi connectivity index (χ1v) is 5.67. The number of nitrogens with two attached hydrogens (primary N) is 1. The Labute approximate surface area is 124 Å². The molecule has 100 valence electrons. The van der Waals surface area contributed by atoms with Gasteiger partial charge in [-0.3, -0.25) is 0 Å². The third-order valence-electron chi connectivity index (χ3n) is 2.57. The van der Waals surface area contributed by atoms with E-state index in [1.807, 2.05) is 17.9 Å². The van der Waals surface area contributed by atoms with Crippen LogP contribution in [0.15, 0.2) is 17.3 Å². The van der Waals surface area contributed by atoms with Gasteiger partial charge in [0.05, 0.1) is 25.5 Å². The average molecular weight is 363 g/mol. The van der Waals surface area contributed by atoms with Gasteiger partial charge in [0.25, 0.3) is 0 Å². The van der Waals surface area contributed by atoms with Gasteiger partial charge in [-0.1, -0.05) is 0 Å². The van der Waals surface area contributed by atoms with Gasteiger partial charge in [0.2, 0.25) is 0 Å². The highest BCUT2D eigenvalue weighted by atomic mass is 127. The molecule has 0 amide bonds. The van der Waals surface area contributed by atoms with Gasteiger partial charge in [0.1, 0.15) is 5.82 Å². The summed E-state index contributed by atoms with van der Waals surface area (Å²) in [5.41, 5.74) is 6.79. The van der Waals surface area contributed by atoms with Crippen LogP contribution in [0.1, 0.15) is 11.5 Å². The number of aryl methyl sites for hydroxylation is 1. The van der Waals surface area contributed by atoms with Crippen molar-refractivity contribution in [2.45, 2.75) is 13.5 Å². The van der Waals surface area contributed by atoms with Crippen molar-refractivity contribution in [3.63, 3.8) is 0 Å². The summed E-state index contributed by atoms with van der Waals surface area (Å²) in [6.07, 6.45) is 1.73. The van der Waals surface area contributed by atoms with E-state index in [-0.39, 0.29) is 24.0 Å². The maximum atomic E-state index is 5.91. The van der Waals surface area contributed by atoms with Crippen LogP contribution in [-0.4, -0.2) is 47.1 Å². The molecule has 0 aliphatic carbocycles. The minimum Gasteiger partial charge on any atom is -0.378 e. The van der Waals surface area contributed by atoms with Crippen LogP contribution in [0.25, 0.3) is 0 Å². The van der Waals surface area contributed by atoms with E-state index in [4.69, 9.17) is 10.5 Å². The number of hydrogen-bond acceptors (Lipinski definition) is 4. The molecule has 0 bridgehead atoms. The van der Waals surface area contributed by atoms with Gasteiger partial charge in [-0.25, -0.2) is 15.0 Å². The molecule has 0 radical (unpaired) electrons. The molecule has 7 heteroatoms. The average Bonchev–Trinajstić information content (AvgIpc) is 2.37. The lowest BCUT2D eigenvalue weighted by Gasteiger charge is -2.27. The van der Waals surface area contributed by atoms with Crippen LogP contribution in [0.3, 0.4) is 0 Å². The second kappa shape index (κ2) is 7.47. The van der Waals surface area contributed by atoms with Crippen molar-refractivity contribution < 1.29 is 4.74 Å². The minimum absolute atomic E-state index is 0. The topological polar surface area (TPSA) is 76.6 Å². The van der Waals surface area contributed by atoms with Gasteiger partial charge < -0.3 is 15.4 Å². The fourth-order valence-corrected chi connectivity index (χ4v) is 1.65. The van der Waals surface area contributed by atoms with Crippen molar-refractivity contribution in [2.24, 2.45) is 10.7 Å². The molecule has 2 rings (SSSR count). The van der Waals surface area contributed by atoms with Gasteiger partial charge in [0.15, 0.2) is 5.96 Å². The van der Waals surface area contributed by atoms with Gasteiger partial charge >= 0.3 is 0 Å². The lowest BCUT2D eigenvalue weighted by atomic mass is 10.4.